The van der Waals surface area contributed by atoms with Gasteiger partial charge in [0.1, 0.15) is 0 Å². The third-order valence-corrected chi connectivity index (χ3v) is 4.19. The van der Waals surface area contributed by atoms with E-state index < -0.39 is 0 Å². The average molecular weight is 256 g/mol. The fourth-order valence-electron chi connectivity index (χ4n) is 2.05. The fraction of sp³-hybridized carbons (Fsp3) is 0.929. The summed E-state index contributed by atoms with van der Waals surface area (Å²) in [4.78, 5) is 4.75. The highest BCUT2D eigenvalue weighted by molar-refractivity contribution is 8.13. The summed E-state index contributed by atoms with van der Waals surface area (Å²) in [6, 6.07) is 1.12. The summed E-state index contributed by atoms with van der Waals surface area (Å²) in [7, 11) is 0. The van der Waals surface area contributed by atoms with E-state index in [9.17, 15) is 0 Å². The normalized spacial score (nSPS) is 22.4. The van der Waals surface area contributed by atoms with Gasteiger partial charge in [-0.2, -0.15) is 0 Å². The molecule has 0 aromatic rings. The smallest absolute Gasteiger partial charge is 0.157 e. The van der Waals surface area contributed by atoms with Gasteiger partial charge in [0.2, 0.25) is 0 Å². The molecule has 1 aliphatic heterocycles. The number of nitrogens with zero attached hydrogens (tertiary/aromatic N) is 1. The van der Waals surface area contributed by atoms with Crippen molar-refractivity contribution in [1.29, 1.82) is 0 Å². The molecule has 2 unspecified atom stereocenters. The van der Waals surface area contributed by atoms with E-state index in [-0.39, 0.29) is 0 Å². The molecule has 1 aliphatic rings. The van der Waals surface area contributed by atoms with Crippen LogP contribution in [0.15, 0.2) is 4.99 Å². The molecular weight excluding hydrogens is 228 g/mol. The van der Waals surface area contributed by atoms with Gasteiger partial charge in [0, 0.05) is 11.8 Å². The van der Waals surface area contributed by atoms with Crippen LogP contribution in [0.25, 0.3) is 0 Å². The van der Waals surface area contributed by atoms with Gasteiger partial charge in [-0.1, -0.05) is 45.4 Å². The Morgan fingerprint density at radius 3 is 2.76 bits per heavy atom. The monoisotopic (exact) mass is 256 g/mol. The standard InChI is InChI=1S/C14H28N2S/c1-5-13-9-10-17-14(16-13)15-12(4)8-6-7-11(2)3/h11-13H,5-10H2,1-4H3,(H,15,16). The second-order valence-electron chi connectivity index (χ2n) is 5.50. The molecule has 17 heavy (non-hydrogen) atoms. The van der Waals surface area contributed by atoms with E-state index in [0.29, 0.717) is 12.1 Å². The van der Waals surface area contributed by atoms with Crippen LogP contribution in [0.1, 0.15) is 59.8 Å². The van der Waals surface area contributed by atoms with Gasteiger partial charge in [0.05, 0.1) is 6.04 Å². The Labute approximate surface area is 111 Å². The van der Waals surface area contributed by atoms with Gasteiger partial charge in [-0.15, -0.1) is 0 Å². The average Bonchev–Trinajstić information content (AvgIpc) is 2.28. The molecule has 0 radical (unpaired) electrons. The van der Waals surface area contributed by atoms with E-state index in [1.807, 2.05) is 11.8 Å². The molecule has 0 fully saturated rings. The van der Waals surface area contributed by atoms with Crippen LogP contribution in [-0.2, 0) is 0 Å². The van der Waals surface area contributed by atoms with Crippen molar-refractivity contribution in [2.45, 2.75) is 71.9 Å². The second-order valence-corrected chi connectivity index (χ2v) is 6.59. The van der Waals surface area contributed by atoms with Crippen molar-refractivity contribution in [1.82, 2.24) is 5.32 Å². The molecule has 3 heteroatoms. The lowest BCUT2D eigenvalue weighted by Crippen LogP contribution is -2.33. The molecular formula is C14H28N2S. The van der Waals surface area contributed by atoms with Crippen molar-refractivity contribution in [3.05, 3.63) is 0 Å². The van der Waals surface area contributed by atoms with Crippen LogP contribution in [0.2, 0.25) is 0 Å². The van der Waals surface area contributed by atoms with Gasteiger partial charge < -0.3 is 5.32 Å². The molecule has 100 valence electrons. The number of aliphatic imine (C=N–C) groups is 1. The largest absolute Gasteiger partial charge is 0.362 e. The Morgan fingerprint density at radius 2 is 2.12 bits per heavy atom. The topological polar surface area (TPSA) is 24.4 Å². The molecule has 0 spiro atoms. The molecule has 2 atom stereocenters. The molecule has 0 bridgehead atoms. The first-order chi connectivity index (χ1) is 8.11. The van der Waals surface area contributed by atoms with Gasteiger partial charge in [-0.05, 0) is 32.1 Å². The van der Waals surface area contributed by atoms with Crippen molar-refractivity contribution >= 4 is 16.9 Å². The summed E-state index contributed by atoms with van der Waals surface area (Å²) in [5.41, 5.74) is 0. The molecule has 1 rings (SSSR count). The zero-order valence-electron chi connectivity index (χ0n) is 11.8. The highest BCUT2D eigenvalue weighted by Gasteiger charge is 2.15. The maximum absolute atomic E-state index is 4.75. The Kier molecular flexibility index (Phi) is 7.02. The van der Waals surface area contributed by atoms with Gasteiger partial charge in [0.25, 0.3) is 0 Å². The van der Waals surface area contributed by atoms with Crippen LogP contribution in [0.5, 0.6) is 0 Å². The summed E-state index contributed by atoms with van der Waals surface area (Å²) < 4.78 is 0. The predicted octanol–water partition coefficient (Wildman–Crippen LogP) is 4.06. The van der Waals surface area contributed by atoms with Gasteiger partial charge >= 0.3 is 0 Å². The zero-order chi connectivity index (χ0) is 12.7. The molecule has 0 amide bonds. The molecule has 0 aliphatic carbocycles. The first kappa shape index (κ1) is 14.9. The second kappa shape index (κ2) is 8.02. The minimum Gasteiger partial charge on any atom is -0.362 e. The van der Waals surface area contributed by atoms with Gasteiger partial charge in [0.15, 0.2) is 5.17 Å². The van der Waals surface area contributed by atoms with Gasteiger partial charge in [-0.25, -0.2) is 0 Å². The number of amidine groups is 1. The van der Waals surface area contributed by atoms with Crippen molar-refractivity contribution in [3.8, 4) is 0 Å². The predicted molar refractivity (Wildman–Crippen MR) is 79.9 cm³/mol. The quantitative estimate of drug-likeness (QED) is 0.775. The van der Waals surface area contributed by atoms with Crippen molar-refractivity contribution in [2.75, 3.05) is 5.75 Å². The zero-order valence-corrected chi connectivity index (χ0v) is 12.6. The maximum Gasteiger partial charge on any atom is 0.157 e. The lowest BCUT2D eigenvalue weighted by atomic mass is 10.0. The van der Waals surface area contributed by atoms with Crippen LogP contribution >= 0.6 is 11.8 Å². The summed E-state index contributed by atoms with van der Waals surface area (Å²) in [6.45, 7) is 9.10. The minimum absolute atomic E-state index is 0.557. The first-order valence-corrected chi connectivity index (χ1v) is 8.07. The molecule has 0 aromatic carbocycles. The maximum atomic E-state index is 4.75. The van der Waals surface area contributed by atoms with E-state index in [4.69, 9.17) is 4.99 Å². The number of nitrogens with one attached hydrogen (secondary N) is 1. The van der Waals surface area contributed by atoms with Crippen LogP contribution in [0.3, 0.4) is 0 Å². The Balaban J connectivity index is 2.25. The first-order valence-electron chi connectivity index (χ1n) is 7.09. The highest BCUT2D eigenvalue weighted by atomic mass is 32.2. The molecule has 2 nitrogen and oxygen atoms in total. The number of thioether (sulfide) groups is 1. The van der Waals surface area contributed by atoms with E-state index in [2.05, 4.69) is 33.0 Å². The summed E-state index contributed by atoms with van der Waals surface area (Å²) in [5, 5.41) is 4.75. The molecule has 0 saturated heterocycles. The SMILES string of the molecule is CCC1CCSC(NC(C)CCCC(C)C)=N1. The third-order valence-electron chi connectivity index (χ3n) is 3.25. The van der Waals surface area contributed by atoms with Crippen molar-refractivity contribution in [3.63, 3.8) is 0 Å². The minimum atomic E-state index is 0.557. The Hall–Kier alpha value is -0.180. The van der Waals surface area contributed by atoms with Gasteiger partial charge in [-0.3, -0.25) is 4.99 Å². The van der Waals surface area contributed by atoms with E-state index in [1.54, 1.807) is 0 Å². The molecule has 1 N–H and O–H groups in total. The van der Waals surface area contributed by atoms with Crippen molar-refractivity contribution in [2.24, 2.45) is 10.9 Å². The van der Waals surface area contributed by atoms with Crippen LogP contribution in [0.4, 0.5) is 0 Å². The highest BCUT2D eigenvalue weighted by Crippen LogP contribution is 2.19. The number of hydrogen-bond donors (Lipinski definition) is 1. The molecule has 1 heterocycles. The van der Waals surface area contributed by atoms with E-state index >= 15 is 0 Å². The number of rotatable bonds is 6. The summed E-state index contributed by atoms with van der Waals surface area (Å²) >= 11 is 1.89. The summed E-state index contributed by atoms with van der Waals surface area (Å²) in [5.74, 6) is 2.05. The summed E-state index contributed by atoms with van der Waals surface area (Å²) in [6.07, 6.45) is 6.33. The molecule has 0 saturated carbocycles. The lowest BCUT2D eigenvalue weighted by molar-refractivity contribution is 0.494. The van der Waals surface area contributed by atoms with Crippen LogP contribution in [0, 0.1) is 5.92 Å². The lowest BCUT2D eigenvalue weighted by Gasteiger charge is -2.22. The third kappa shape index (κ3) is 6.35. The fourth-order valence-corrected chi connectivity index (χ4v) is 3.14. The van der Waals surface area contributed by atoms with E-state index in [0.717, 1.165) is 5.92 Å². The van der Waals surface area contributed by atoms with Crippen molar-refractivity contribution < 1.29 is 0 Å². The number of hydrogen-bond acceptors (Lipinski definition) is 3. The molecule has 0 aromatic heterocycles. The Bertz CT molecular complexity index is 238. The van der Waals surface area contributed by atoms with E-state index in [1.165, 1.54) is 43.0 Å². The Morgan fingerprint density at radius 1 is 1.35 bits per heavy atom. The van der Waals surface area contributed by atoms with Crippen LogP contribution in [-0.4, -0.2) is 23.0 Å². The van der Waals surface area contributed by atoms with Crippen LogP contribution < -0.4 is 5.32 Å².